The molecule has 5 nitrogen and oxygen atoms in total. The van der Waals surface area contributed by atoms with Gasteiger partial charge < -0.3 is 4.52 Å². The average Bonchev–Trinajstić information content (AvgIpc) is 2.99. The highest BCUT2D eigenvalue weighted by Crippen LogP contribution is 2.22. The molecule has 2 aromatic rings. The summed E-state index contributed by atoms with van der Waals surface area (Å²) in [6.45, 7) is 0. The van der Waals surface area contributed by atoms with Crippen molar-refractivity contribution in [2.24, 2.45) is 5.92 Å². The van der Waals surface area contributed by atoms with Gasteiger partial charge in [0, 0.05) is 17.9 Å². The molecule has 0 spiro atoms. The maximum absolute atomic E-state index is 11.4. The number of aromatic nitrogens is 2. The van der Waals surface area contributed by atoms with Crippen molar-refractivity contribution in [3.05, 3.63) is 46.6 Å². The summed E-state index contributed by atoms with van der Waals surface area (Å²) in [7, 11) is -2.87. The van der Waals surface area contributed by atoms with Gasteiger partial charge >= 0.3 is 0 Å². The molecule has 1 aliphatic heterocycles. The maximum atomic E-state index is 11.4. The van der Waals surface area contributed by atoms with Crippen molar-refractivity contribution < 1.29 is 12.9 Å². The Labute approximate surface area is 128 Å². The lowest BCUT2D eigenvalue weighted by atomic mass is 10.1. The van der Waals surface area contributed by atoms with E-state index in [1.165, 1.54) is 0 Å². The molecule has 0 radical (unpaired) electrons. The average molecular weight is 327 g/mol. The van der Waals surface area contributed by atoms with Gasteiger partial charge in [-0.3, -0.25) is 0 Å². The third-order valence-corrected chi connectivity index (χ3v) is 5.81. The standard InChI is InChI=1S/C14H15ClN2O3S/c15-12-4-2-1-3-11(12)8-13-16-14(20-17-13)7-10-5-6-21(18,19)9-10/h1-4,10H,5-9H2. The molecule has 21 heavy (non-hydrogen) atoms. The Morgan fingerprint density at radius 1 is 1.33 bits per heavy atom. The molecule has 3 rings (SSSR count). The fourth-order valence-electron chi connectivity index (χ4n) is 2.54. The quantitative estimate of drug-likeness (QED) is 0.862. The molecule has 112 valence electrons. The molecule has 1 fully saturated rings. The molecule has 0 saturated carbocycles. The molecule has 7 heteroatoms. The van der Waals surface area contributed by atoms with E-state index in [9.17, 15) is 8.42 Å². The normalized spacial score (nSPS) is 20.7. The first-order valence-electron chi connectivity index (χ1n) is 6.77. The second kappa shape index (κ2) is 5.77. The minimum Gasteiger partial charge on any atom is -0.339 e. The topological polar surface area (TPSA) is 73.1 Å². The smallest absolute Gasteiger partial charge is 0.226 e. The van der Waals surface area contributed by atoms with Gasteiger partial charge in [0.1, 0.15) is 0 Å². The number of sulfone groups is 1. The lowest BCUT2D eigenvalue weighted by molar-refractivity contribution is 0.355. The van der Waals surface area contributed by atoms with Crippen molar-refractivity contribution in [2.45, 2.75) is 19.3 Å². The van der Waals surface area contributed by atoms with Crippen LogP contribution in [0.5, 0.6) is 0 Å². The van der Waals surface area contributed by atoms with Crippen LogP contribution in [0.3, 0.4) is 0 Å². The van der Waals surface area contributed by atoms with E-state index in [0.29, 0.717) is 36.0 Å². The first-order chi connectivity index (χ1) is 10.0. The highest BCUT2D eigenvalue weighted by molar-refractivity contribution is 7.91. The van der Waals surface area contributed by atoms with Gasteiger partial charge in [-0.05, 0) is 24.0 Å². The van der Waals surface area contributed by atoms with Gasteiger partial charge in [0.25, 0.3) is 0 Å². The van der Waals surface area contributed by atoms with Gasteiger partial charge in [-0.25, -0.2) is 8.42 Å². The monoisotopic (exact) mass is 326 g/mol. The highest BCUT2D eigenvalue weighted by Gasteiger charge is 2.29. The maximum Gasteiger partial charge on any atom is 0.226 e. The van der Waals surface area contributed by atoms with Gasteiger partial charge in [-0.2, -0.15) is 4.98 Å². The fourth-order valence-corrected chi connectivity index (χ4v) is 4.60. The van der Waals surface area contributed by atoms with E-state index in [4.69, 9.17) is 16.1 Å². The van der Waals surface area contributed by atoms with Crippen LogP contribution in [0.2, 0.25) is 5.02 Å². The lowest BCUT2D eigenvalue weighted by Gasteiger charge is -2.01. The Hall–Kier alpha value is -1.40. The summed E-state index contributed by atoms with van der Waals surface area (Å²) in [6, 6.07) is 7.52. The molecule has 1 atom stereocenters. The van der Waals surface area contributed by atoms with Crippen LogP contribution in [-0.2, 0) is 22.7 Å². The molecule has 0 bridgehead atoms. The zero-order chi connectivity index (χ0) is 14.9. The van der Waals surface area contributed by atoms with E-state index in [-0.39, 0.29) is 17.4 Å². The van der Waals surface area contributed by atoms with Crippen LogP contribution in [0.1, 0.15) is 23.7 Å². The summed E-state index contributed by atoms with van der Waals surface area (Å²) in [4.78, 5) is 4.33. The van der Waals surface area contributed by atoms with Gasteiger partial charge in [0.2, 0.25) is 5.89 Å². The molecular formula is C14H15ClN2O3S. The molecule has 2 heterocycles. The Morgan fingerprint density at radius 2 is 2.14 bits per heavy atom. The molecule has 1 aliphatic rings. The van der Waals surface area contributed by atoms with Crippen molar-refractivity contribution in [3.8, 4) is 0 Å². The highest BCUT2D eigenvalue weighted by atomic mass is 35.5. The van der Waals surface area contributed by atoms with Crippen LogP contribution in [0.25, 0.3) is 0 Å². The van der Waals surface area contributed by atoms with Crippen molar-refractivity contribution in [1.82, 2.24) is 10.1 Å². The van der Waals surface area contributed by atoms with Crippen LogP contribution in [0, 0.1) is 5.92 Å². The molecule has 0 aliphatic carbocycles. The minimum absolute atomic E-state index is 0.0867. The van der Waals surface area contributed by atoms with Crippen molar-refractivity contribution in [2.75, 3.05) is 11.5 Å². The predicted octanol–water partition coefficient (Wildman–Crippen LogP) is 2.29. The summed E-state index contributed by atoms with van der Waals surface area (Å²) in [6.07, 6.45) is 1.70. The Morgan fingerprint density at radius 3 is 2.86 bits per heavy atom. The zero-order valence-electron chi connectivity index (χ0n) is 11.3. The first-order valence-corrected chi connectivity index (χ1v) is 8.97. The van der Waals surface area contributed by atoms with E-state index < -0.39 is 9.84 Å². The molecule has 0 N–H and O–H groups in total. The van der Waals surface area contributed by atoms with E-state index in [2.05, 4.69) is 10.1 Å². The largest absolute Gasteiger partial charge is 0.339 e. The van der Waals surface area contributed by atoms with E-state index in [1.807, 2.05) is 24.3 Å². The number of halogens is 1. The Bertz CT molecular complexity index is 742. The molecule has 0 amide bonds. The van der Waals surface area contributed by atoms with Crippen LogP contribution in [-0.4, -0.2) is 30.1 Å². The number of rotatable bonds is 4. The third-order valence-electron chi connectivity index (χ3n) is 3.61. The number of hydrogen-bond acceptors (Lipinski definition) is 5. The van der Waals surface area contributed by atoms with Crippen LogP contribution >= 0.6 is 11.6 Å². The summed E-state index contributed by atoms with van der Waals surface area (Å²) in [5.74, 6) is 1.63. The Balaban J connectivity index is 1.66. The predicted molar refractivity (Wildman–Crippen MR) is 79.0 cm³/mol. The molecule has 1 aromatic carbocycles. The van der Waals surface area contributed by atoms with Gasteiger partial charge in [-0.15, -0.1) is 0 Å². The molecular weight excluding hydrogens is 312 g/mol. The Kier molecular flexibility index (Phi) is 3.99. The number of nitrogens with zero attached hydrogens (tertiary/aromatic N) is 2. The van der Waals surface area contributed by atoms with Crippen LogP contribution in [0.15, 0.2) is 28.8 Å². The van der Waals surface area contributed by atoms with Crippen molar-refractivity contribution in [1.29, 1.82) is 0 Å². The van der Waals surface area contributed by atoms with Crippen molar-refractivity contribution in [3.63, 3.8) is 0 Å². The summed E-state index contributed by atoms with van der Waals surface area (Å²) in [5.41, 5.74) is 0.940. The molecule has 1 unspecified atom stereocenters. The van der Waals surface area contributed by atoms with E-state index in [1.54, 1.807) is 0 Å². The first kappa shape index (κ1) is 14.5. The molecule has 1 saturated heterocycles. The second-order valence-electron chi connectivity index (χ2n) is 5.35. The lowest BCUT2D eigenvalue weighted by Crippen LogP contribution is -2.07. The summed E-state index contributed by atoms with van der Waals surface area (Å²) in [5, 5.41) is 4.61. The van der Waals surface area contributed by atoms with Crippen LogP contribution < -0.4 is 0 Å². The minimum atomic E-state index is -2.87. The van der Waals surface area contributed by atoms with E-state index >= 15 is 0 Å². The van der Waals surface area contributed by atoms with Gasteiger partial charge in [-0.1, -0.05) is 35.0 Å². The van der Waals surface area contributed by atoms with Crippen molar-refractivity contribution >= 4 is 21.4 Å². The summed E-state index contributed by atoms with van der Waals surface area (Å²) >= 11 is 6.10. The SMILES string of the molecule is O=S1(=O)CCC(Cc2nc(Cc3ccccc3Cl)no2)C1. The van der Waals surface area contributed by atoms with E-state index in [0.717, 1.165) is 5.56 Å². The summed E-state index contributed by atoms with van der Waals surface area (Å²) < 4.78 is 28.1. The van der Waals surface area contributed by atoms with Gasteiger partial charge in [0.15, 0.2) is 15.7 Å². The van der Waals surface area contributed by atoms with Gasteiger partial charge in [0.05, 0.1) is 11.5 Å². The van der Waals surface area contributed by atoms with Crippen LogP contribution in [0.4, 0.5) is 0 Å². The number of hydrogen-bond donors (Lipinski definition) is 0. The molecule has 1 aromatic heterocycles. The fraction of sp³-hybridized carbons (Fsp3) is 0.429. The second-order valence-corrected chi connectivity index (χ2v) is 7.98. The third kappa shape index (κ3) is 3.63. The number of benzene rings is 1. The zero-order valence-corrected chi connectivity index (χ0v) is 12.9.